The number of hydrogen-bond donors (Lipinski definition) is 0. The summed E-state index contributed by atoms with van der Waals surface area (Å²) in [6, 6.07) is 0. The topological polar surface area (TPSA) is 34.1 Å². The van der Waals surface area contributed by atoms with Gasteiger partial charge in [-0.3, -0.25) is 9.59 Å². The Morgan fingerprint density at radius 1 is 0.472 bits per heavy atom. The van der Waals surface area contributed by atoms with Gasteiger partial charge in [0.15, 0.2) is 0 Å². The quantitative estimate of drug-likeness (QED) is 0.406. The molecule has 188 valence electrons. The lowest BCUT2D eigenvalue weighted by molar-refractivity contribution is -0.147. The minimum absolute atomic E-state index is 0.232. The number of ketones is 2. The van der Waals surface area contributed by atoms with Gasteiger partial charge >= 0.3 is 0 Å². The molecule has 1 saturated carbocycles. The van der Waals surface area contributed by atoms with E-state index in [0.717, 1.165) is 73.7 Å². The fraction of sp³-hybridized carbons (Fsp3) is 0.588. The van der Waals surface area contributed by atoms with Crippen molar-refractivity contribution >= 4 is 11.6 Å². The van der Waals surface area contributed by atoms with E-state index in [1.54, 1.807) is 0 Å². The van der Waals surface area contributed by atoms with Gasteiger partial charge in [-0.1, -0.05) is 75.1 Å². The molecule has 4 unspecified atom stereocenters. The molecule has 0 aromatic carbocycles. The van der Waals surface area contributed by atoms with Crippen molar-refractivity contribution in [2.75, 3.05) is 0 Å². The standard InChI is InChI=1S/C34H40O2/c1-5-9-13-17-25-21-29-30(22-26(25)18-14-10-6-2)34(36)32-24-28(20-16-12-8-4)27(19-15-11-7-3)23-31(32)33(29)35/h29-32H,5-12,21-24H2,1-4H3. The normalized spacial score (nSPS) is 24.7. The number of hydrogen-bond acceptors (Lipinski definition) is 2. The number of fused-ring (bicyclic) bond motifs is 2. The summed E-state index contributed by atoms with van der Waals surface area (Å²) in [7, 11) is 0. The van der Waals surface area contributed by atoms with E-state index in [-0.39, 0.29) is 35.2 Å². The second-order valence-electron chi connectivity index (χ2n) is 10.2. The highest BCUT2D eigenvalue weighted by Crippen LogP contribution is 2.48. The fourth-order valence-corrected chi connectivity index (χ4v) is 5.37. The number of allylic oxidation sites excluding steroid dienone is 4. The molecule has 0 spiro atoms. The third-order valence-electron chi connectivity index (χ3n) is 7.32. The lowest BCUT2D eigenvalue weighted by atomic mass is 9.57. The summed E-state index contributed by atoms with van der Waals surface area (Å²) in [5.74, 6) is 25.7. The van der Waals surface area contributed by atoms with Crippen LogP contribution in [0, 0.1) is 71.0 Å². The predicted octanol–water partition coefficient (Wildman–Crippen LogP) is 7.00. The Hall–Kier alpha value is -2.94. The summed E-state index contributed by atoms with van der Waals surface area (Å²) in [5, 5.41) is 0. The minimum Gasteiger partial charge on any atom is -0.299 e. The SMILES string of the molecule is CCCC#CC1=C(C#CCCC)CC2C(=O)C3CC(C#CCCC)=C(C#CCCC)CC3C(=O)C2C1. The lowest BCUT2D eigenvalue weighted by Crippen LogP contribution is -2.50. The molecule has 0 aromatic rings. The molecule has 36 heavy (non-hydrogen) atoms. The molecule has 0 aliphatic heterocycles. The number of unbranched alkanes of at least 4 members (excludes halogenated alkanes) is 4. The van der Waals surface area contributed by atoms with Gasteiger partial charge in [0.05, 0.1) is 0 Å². The van der Waals surface area contributed by atoms with Crippen molar-refractivity contribution in [3.05, 3.63) is 22.3 Å². The van der Waals surface area contributed by atoms with Gasteiger partial charge in [0.25, 0.3) is 0 Å². The van der Waals surface area contributed by atoms with Crippen LogP contribution in [0.4, 0.5) is 0 Å². The second-order valence-corrected chi connectivity index (χ2v) is 10.2. The Labute approximate surface area is 219 Å². The smallest absolute Gasteiger partial charge is 0.141 e. The van der Waals surface area contributed by atoms with Gasteiger partial charge in [-0.25, -0.2) is 0 Å². The Kier molecular flexibility index (Phi) is 10.7. The molecule has 0 N–H and O–H groups in total. The summed E-state index contributed by atoms with van der Waals surface area (Å²) < 4.78 is 0. The number of carbonyl (C=O) groups excluding carboxylic acids is 2. The first-order valence-electron chi connectivity index (χ1n) is 14.0. The van der Waals surface area contributed by atoms with Crippen LogP contribution in [0.25, 0.3) is 0 Å². The molecule has 0 heterocycles. The maximum atomic E-state index is 13.9. The van der Waals surface area contributed by atoms with Crippen LogP contribution in [-0.2, 0) is 9.59 Å². The highest BCUT2D eigenvalue weighted by molar-refractivity contribution is 6.01. The van der Waals surface area contributed by atoms with E-state index >= 15 is 0 Å². The summed E-state index contributed by atoms with van der Waals surface area (Å²) in [6.45, 7) is 8.46. The molecule has 0 amide bonds. The molecule has 0 saturated heterocycles. The van der Waals surface area contributed by atoms with E-state index in [1.807, 2.05) is 0 Å². The third-order valence-corrected chi connectivity index (χ3v) is 7.32. The van der Waals surface area contributed by atoms with E-state index < -0.39 is 0 Å². The Morgan fingerprint density at radius 3 is 0.889 bits per heavy atom. The summed E-state index contributed by atoms with van der Waals surface area (Å²) in [4.78, 5) is 27.7. The lowest BCUT2D eigenvalue weighted by Gasteiger charge is -2.43. The van der Waals surface area contributed by atoms with E-state index in [0.29, 0.717) is 25.7 Å². The zero-order valence-electron chi connectivity index (χ0n) is 22.6. The summed E-state index contributed by atoms with van der Waals surface area (Å²) in [5.41, 5.74) is 3.92. The van der Waals surface area contributed by atoms with E-state index in [2.05, 4.69) is 75.1 Å². The van der Waals surface area contributed by atoms with Crippen LogP contribution in [0.5, 0.6) is 0 Å². The van der Waals surface area contributed by atoms with Crippen LogP contribution >= 0.6 is 0 Å². The first-order valence-corrected chi connectivity index (χ1v) is 14.0. The van der Waals surface area contributed by atoms with Crippen molar-refractivity contribution in [1.82, 2.24) is 0 Å². The van der Waals surface area contributed by atoms with Crippen LogP contribution in [0.3, 0.4) is 0 Å². The van der Waals surface area contributed by atoms with Crippen LogP contribution in [-0.4, -0.2) is 11.6 Å². The fourth-order valence-electron chi connectivity index (χ4n) is 5.37. The number of carbonyl (C=O) groups is 2. The minimum atomic E-state index is -0.279. The molecular formula is C34H40O2. The number of rotatable bonds is 4. The van der Waals surface area contributed by atoms with Crippen molar-refractivity contribution in [1.29, 1.82) is 0 Å². The number of Topliss-reactive ketones (excluding diaryl/α,β-unsaturated/α-hetero) is 2. The molecule has 0 aromatic heterocycles. The van der Waals surface area contributed by atoms with Crippen molar-refractivity contribution < 1.29 is 9.59 Å². The van der Waals surface area contributed by atoms with Crippen LogP contribution in [0.1, 0.15) is 105 Å². The molecule has 2 nitrogen and oxygen atoms in total. The van der Waals surface area contributed by atoms with E-state index in [9.17, 15) is 9.59 Å². The predicted molar refractivity (Wildman–Crippen MR) is 147 cm³/mol. The Balaban J connectivity index is 1.96. The zero-order chi connectivity index (χ0) is 25.9. The molecule has 1 fully saturated rings. The average molecular weight is 481 g/mol. The highest BCUT2D eigenvalue weighted by Gasteiger charge is 2.52. The van der Waals surface area contributed by atoms with Gasteiger partial charge in [0, 0.05) is 71.6 Å². The van der Waals surface area contributed by atoms with Gasteiger partial charge in [-0.2, -0.15) is 0 Å². The van der Waals surface area contributed by atoms with Crippen LogP contribution in [0.2, 0.25) is 0 Å². The van der Waals surface area contributed by atoms with Crippen molar-refractivity contribution in [3.63, 3.8) is 0 Å². The molecule has 3 aliphatic carbocycles. The third kappa shape index (κ3) is 6.63. The van der Waals surface area contributed by atoms with Crippen molar-refractivity contribution in [3.8, 4) is 47.4 Å². The molecule has 0 bridgehead atoms. The zero-order valence-corrected chi connectivity index (χ0v) is 22.6. The van der Waals surface area contributed by atoms with Gasteiger partial charge in [0.1, 0.15) is 11.6 Å². The largest absolute Gasteiger partial charge is 0.299 e. The van der Waals surface area contributed by atoms with Crippen molar-refractivity contribution in [2.45, 2.75) is 105 Å². The maximum absolute atomic E-state index is 13.9. The molecule has 3 aliphatic rings. The van der Waals surface area contributed by atoms with Gasteiger partial charge in [-0.05, 0) is 51.4 Å². The Morgan fingerprint density at radius 2 is 0.694 bits per heavy atom. The van der Waals surface area contributed by atoms with Crippen molar-refractivity contribution in [2.24, 2.45) is 23.7 Å². The maximum Gasteiger partial charge on any atom is 0.141 e. The summed E-state index contributed by atoms with van der Waals surface area (Å²) in [6.07, 6.45) is 9.53. The van der Waals surface area contributed by atoms with Crippen LogP contribution < -0.4 is 0 Å². The highest BCUT2D eigenvalue weighted by atomic mass is 16.1. The first-order chi connectivity index (χ1) is 17.5. The molecule has 4 atom stereocenters. The first kappa shape index (κ1) is 27.6. The summed E-state index contributed by atoms with van der Waals surface area (Å²) >= 11 is 0. The molecule has 2 heteroatoms. The van der Waals surface area contributed by atoms with Crippen LogP contribution in [0.15, 0.2) is 22.3 Å². The second kappa shape index (κ2) is 14.0. The van der Waals surface area contributed by atoms with E-state index in [4.69, 9.17) is 0 Å². The Bertz CT molecular complexity index is 980. The van der Waals surface area contributed by atoms with Gasteiger partial charge < -0.3 is 0 Å². The molecule has 3 rings (SSSR count). The molecular weight excluding hydrogens is 440 g/mol. The van der Waals surface area contributed by atoms with Gasteiger partial charge in [-0.15, -0.1) is 0 Å². The average Bonchev–Trinajstić information content (AvgIpc) is 2.88. The molecule has 0 radical (unpaired) electrons. The van der Waals surface area contributed by atoms with Gasteiger partial charge in [0.2, 0.25) is 0 Å². The monoisotopic (exact) mass is 480 g/mol. The van der Waals surface area contributed by atoms with E-state index in [1.165, 1.54) is 0 Å².